The van der Waals surface area contributed by atoms with E-state index in [1.807, 2.05) is 44.2 Å². The van der Waals surface area contributed by atoms with Crippen molar-refractivity contribution in [2.24, 2.45) is 5.41 Å². The van der Waals surface area contributed by atoms with Crippen molar-refractivity contribution < 1.29 is 14.5 Å². The van der Waals surface area contributed by atoms with E-state index in [2.05, 4.69) is 0 Å². The molecule has 4 rings (SSSR count). The summed E-state index contributed by atoms with van der Waals surface area (Å²) in [5.74, 6) is -0.546. The minimum absolute atomic E-state index is 0.00848. The van der Waals surface area contributed by atoms with Crippen molar-refractivity contribution >= 4 is 34.7 Å². The number of allylic oxidation sites excluding steroid dienone is 2. The van der Waals surface area contributed by atoms with Crippen molar-refractivity contribution in [2.75, 3.05) is 4.90 Å². The molecule has 1 amide bonds. The fourth-order valence-electron chi connectivity index (χ4n) is 4.45. The number of anilines is 1. The number of hydrogen-bond donors (Lipinski definition) is 0. The second-order valence-electron chi connectivity index (χ2n) is 8.59. The van der Waals surface area contributed by atoms with Gasteiger partial charge in [0.15, 0.2) is 5.78 Å². The van der Waals surface area contributed by atoms with Gasteiger partial charge in [-0.05, 0) is 23.5 Å². The van der Waals surface area contributed by atoms with Crippen LogP contribution in [0.25, 0.3) is 0 Å². The Labute approximate surface area is 179 Å². The molecule has 2 aromatic rings. The molecular formula is C23H21ClN2O4. The number of nitrogens with zero attached hydrogens (tertiary/aromatic N) is 2. The maximum absolute atomic E-state index is 13.3. The topological polar surface area (TPSA) is 80.5 Å². The zero-order chi connectivity index (χ0) is 21.6. The predicted octanol–water partition coefficient (Wildman–Crippen LogP) is 5.41. The zero-order valence-electron chi connectivity index (χ0n) is 16.7. The number of hydrogen-bond acceptors (Lipinski definition) is 4. The summed E-state index contributed by atoms with van der Waals surface area (Å²) in [7, 11) is 0. The van der Waals surface area contributed by atoms with E-state index in [9.17, 15) is 19.7 Å². The summed E-state index contributed by atoms with van der Waals surface area (Å²) in [6.45, 7) is 3.97. The van der Waals surface area contributed by atoms with Gasteiger partial charge in [0.25, 0.3) is 5.69 Å². The highest BCUT2D eigenvalue weighted by molar-refractivity contribution is 6.34. The van der Waals surface area contributed by atoms with Gasteiger partial charge in [-0.3, -0.25) is 24.6 Å². The van der Waals surface area contributed by atoms with Gasteiger partial charge in [0.05, 0.1) is 15.6 Å². The molecule has 0 radical (unpaired) electrons. The Hall–Kier alpha value is -2.99. The third kappa shape index (κ3) is 3.52. The lowest BCUT2D eigenvalue weighted by molar-refractivity contribution is -0.384. The smallest absolute Gasteiger partial charge is 0.271 e. The number of halogens is 1. The van der Waals surface area contributed by atoms with E-state index in [0.29, 0.717) is 24.1 Å². The maximum Gasteiger partial charge on any atom is 0.271 e. The summed E-state index contributed by atoms with van der Waals surface area (Å²) in [6.07, 6.45) is 0.996. The largest absolute Gasteiger partial charge is 0.294 e. The summed E-state index contributed by atoms with van der Waals surface area (Å²) < 4.78 is 0. The van der Waals surface area contributed by atoms with Gasteiger partial charge in [-0.25, -0.2) is 0 Å². The normalized spacial score (nSPS) is 20.9. The van der Waals surface area contributed by atoms with E-state index >= 15 is 0 Å². The monoisotopic (exact) mass is 424 g/mol. The van der Waals surface area contributed by atoms with Gasteiger partial charge < -0.3 is 0 Å². The summed E-state index contributed by atoms with van der Waals surface area (Å²) >= 11 is 6.37. The molecule has 0 spiro atoms. The Kier molecular flexibility index (Phi) is 4.98. The van der Waals surface area contributed by atoms with Gasteiger partial charge >= 0.3 is 0 Å². The first-order valence-electron chi connectivity index (χ1n) is 9.76. The second-order valence-corrected chi connectivity index (χ2v) is 9.00. The fourth-order valence-corrected chi connectivity index (χ4v) is 4.65. The van der Waals surface area contributed by atoms with Crippen LogP contribution in [0.3, 0.4) is 0 Å². The first-order valence-corrected chi connectivity index (χ1v) is 10.1. The van der Waals surface area contributed by atoms with E-state index in [-0.39, 0.29) is 45.8 Å². The van der Waals surface area contributed by atoms with E-state index in [1.165, 1.54) is 23.1 Å². The summed E-state index contributed by atoms with van der Waals surface area (Å²) in [4.78, 5) is 38.8. The van der Waals surface area contributed by atoms with Gasteiger partial charge in [0.1, 0.15) is 0 Å². The Morgan fingerprint density at radius 2 is 1.80 bits per heavy atom. The van der Waals surface area contributed by atoms with E-state index in [1.54, 1.807) is 0 Å². The van der Waals surface area contributed by atoms with Gasteiger partial charge in [-0.15, -0.1) is 0 Å². The van der Waals surface area contributed by atoms with E-state index < -0.39 is 4.92 Å². The Balaban J connectivity index is 1.94. The molecule has 6 nitrogen and oxygen atoms in total. The quantitative estimate of drug-likeness (QED) is 0.487. The molecule has 1 unspecified atom stereocenters. The lowest BCUT2D eigenvalue weighted by atomic mass is 9.69. The number of carbonyl (C=O) groups excluding carboxylic acids is 2. The molecule has 1 heterocycles. The number of nitro groups is 1. The van der Waals surface area contributed by atoms with Gasteiger partial charge in [-0.2, -0.15) is 0 Å². The van der Waals surface area contributed by atoms with Crippen LogP contribution in [0, 0.1) is 15.5 Å². The number of Topliss-reactive ketones (excluding diaryl/α,β-unsaturated/α-hetero) is 1. The number of rotatable bonds is 3. The SMILES string of the molecule is CC1(C)CC(=O)C2=C(C1)N(c1cc([N+](=O)[O-])ccc1Cl)C(=O)CC2c1ccccc1. The number of benzene rings is 2. The van der Waals surface area contributed by atoms with Crippen LogP contribution < -0.4 is 4.90 Å². The highest BCUT2D eigenvalue weighted by Gasteiger charge is 2.44. The average molecular weight is 425 g/mol. The van der Waals surface area contributed by atoms with Gasteiger partial charge in [-0.1, -0.05) is 55.8 Å². The molecule has 1 aliphatic heterocycles. The standard InChI is InChI=1S/C23H21ClN2O4/c1-23(2)12-19-22(20(27)13-23)16(14-6-4-3-5-7-14)11-21(28)25(19)18-10-15(26(29)30)8-9-17(18)24/h3-10,16H,11-13H2,1-2H3. The van der Waals surface area contributed by atoms with Crippen molar-refractivity contribution in [3.05, 3.63) is 80.5 Å². The number of carbonyl (C=O) groups is 2. The minimum atomic E-state index is -0.522. The molecular weight excluding hydrogens is 404 g/mol. The van der Waals surface area contributed by atoms with Gasteiger partial charge in [0.2, 0.25) is 5.91 Å². The first-order chi connectivity index (χ1) is 14.2. The van der Waals surface area contributed by atoms with E-state index in [4.69, 9.17) is 11.6 Å². The van der Waals surface area contributed by atoms with Crippen LogP contribution in [-0.4, -0.2) is 16.6 Å². The molecule has 2 aromatic carbocycles. The molecule has 30 heavy (non-hydrogen) atoms. The maximum atomic E-state index is 13.3. The van der Waals surface area contributed by atoms with Crippen LogP contribution in [0.15, 0.2) is 59.8 Å². The highest BCUT2D eigenvalue weighted by Crippen LogP contribution is 2.49. The van der Waals surface area contributed by atoms with Crippen LogP contribution in [0.4, 0.5) is 11.4 Å². The Morgan fingerprint density at radius 3 is 2.47 bits per heavy atom. The number of nitro benzene ring substituents is 1. The van der Waals surface area contributed by atoms with Crippen LogP contribution in [0.1, 0.15) is 44.6 Å². The predicted molar refractivity (Wildman–Crippen MR) is 114 cm³/mol. The second kappa shape index (κ2) is 7.36. The molecule has 0 saturated heterocycles. The van der Waals surface area contributed by atoms with Gasteiger partial charge in [0, 0.05) is 42.2 Å². The molecule has 0 fully saturated rings. The molecule has 7 heteroatoms. The molecule has 1 atom stereocenters. The first kappa shape index (κ1) is 20.3. The summed E-state index contributed by atoms with van der Waals surface area (Å²) in [5.41, 5.74) is 1.89. The molecule has 2 aliphatic rings. The van der Waals surface area contributed by atoms with Crippen molar-refractivity contribution in [1.82, 2.24) is 0 Å². The third-order valence-electron chi connectivity index (χ3n) is 5.73. The van der Waals surface area contributed by atoms with Crippen molar-refractivity contribution in [3.8, 4) is 0 Å². The zero-order valence-corrected chi connectivity index (χ0v) is 17.5. The molecule has 0 saturated carbocycles. The van der Waals surface area contributed by atoms with Crippen molar-refractivity contribution in [2.45, 2.75) is 39.0 Å². The minimum Gasteiger partial charge on any atom is -0.294 e. The molecule has 0 bridgehead atoms. The van der Waals surface area contributed by atoms with Crippen LogP contribution >= 0.6 is 11.6 Å². The average Bonchev–Trinajstić information content (AvgIpc) is 2.67. The van der Waals surface area contributed by atoms with Crippen molar-refractivity contribution in [3.63, 3.8) is 0 Å². The Bertz CT molecular complexity index is 1090. The van der Waals surface area contributed by atoms with Crippen LogP contribution in [0.2, 0.25) is 5.02 Å². The Morgan fingerprint density at radius 1 is 1.10 bits per heavy atom. The lowest BCUT2D eigenvalue weighted by Gasteiger charge is -2.43. The number of ketones is 1. The molecule has 1 aliphatic carbocycles. The van der Waals surface area contributed by atoms with E-state index in [0.717, 1.165) is 5.56 Å². The molecule has 154 valence electrons. The summed E-state index contributed by atoms with van der Waals surface area (Å²) in [6, 6.07) is 13.5. The fraction of sp³-hybridized carbons (Fsp3) is 0.304. The number of amides is 1. The lowest BCUT2D eigenvalue weighted by Crippen LogP contribution is -2.43. The molecule has 0 N–H and O–H groups in total. The number of non-ortho nitro benzene ring substituents is 1. The van der Waals surface area contributed by atoms with Crippen molar-refractivity contribution in [1.29, 1.82) is 0 Å². The van der Waals surface area contributed by atoms with Crippen LogP contribution in [-0.2, 0) is 9.59 Å². The van der Waals surface area contributed by atoms with Crippen LogP contribution in [0.5, 0.6) is 0 Å². The summed E-state index contributed by atoms with van der Waals surface area (Å²) in [5, 5.41) is 11.5. The third-order valence-corrected chi connectivity index (χ3v) is 6.05. The highest BCUT2D eigenvalue weighted by atomic mass is 35.5. The molecule has 0 aromatic heterocycles.